The summed E-state index contributed by atoms with van der Waals surface area (Å²) >= 11 is 0. The van der Waals surface area contributed by atoms with Gasteiger partial charge in [-0.1, -0.05) is 30.3 Å². The first-order valence-electron chi connectivity index (χ1n) is 6.57. The summed E-state index contributed by atoms with van der Waals surface area (Å²) in [5.74, 6) is -1.59. The Hall–Kier alpha value is -2.40. The number of phenolic OH excluding ortho intramolecular Hbond substituents is 1. The van der Waals surface area contributed by atoms with Crippen LogP contribution >= 0.6 is 0 Å². The van der Waals surface area contributed by atoms with E-state index in [9.17, 15) is 14.3 Å². The van der Waals surface area contributed by atoms with Gasteiger partial charge in [0.05, 0.1) is 11.7 Å². The number of aliphatic hydroxyl groups is 1. The minimum Gasteiger partial charge on any atom is -0.508 e. The Morgan fingerprint density at radius 2 is 1.90 bits per heavy atom. The molecule has 0 radical (unpaired) electrons. The van der Waals surface area contributed by atoms with E-state index in [0.29, 0.717) is 6.42 Å². The van der Waals surface area contributed by atoms with Crippen molar-refractivity contribution in [3.8, 4) is 5.75 Å². The van der Waals surface area contributed by atoms with Gasteiger partial charge >= 0.3 is 0 Å². The maximum Gasteiger partial charge on any atom is 0.254 e. The van der Waals surface area contributed by atoms with Gasteiger partial charge in [0.25, 0.3) is 5.91 Å². The fourth-order valence-electron chi connectivity index (χ4n) is 1.95. The molecule has 0 heterocycles. The molecule has 110 valence electrons. The van der Waals surface area contributed by atoms with Crippen LogP contribution in [0.2, 0.25) is 0 Å². The number of phenols is 1. The van der Waals surface area contributed by atoms with Gasteiger partial charge in [-0.05, 0) is 24.1 Å². The van der Waals surface area contributed by atoms with E-state index in [4.69, 9.17) is 5.11 Å². The number of hydrogen-bond donors (Lipinski definition) is 3. The highest BCUT2D eigenvalue weighted by Gasteiger charge is 2.13. The quantitative estimate of drug-likeness (QED) is 0.791. The lowest BCUT2D eigenvalue weighted by Crippen LogP contribution is -2.26. The molecule has 0 aromatic heterocycles. The van der Waals surface area contributed by atoms with Gasteiger partial charge in [0.1, 0.15) is 11.6 Å². The molecule has 2 aromatic rings. The largest absolute Gasteiger partial charge is 0.508 e. The van der Waals surface area contributed by atoms with E-state index >= 15 is 0 Å². The van der Waals surface area contributed by atoms with Crippen LogP contribution in [0, 0.1) is 5.82 Å². The Morgan fingerprint density at radius 1 is 1.19 bits per heavy atom. The normalized spacial score (nSPS) is 11.9. The van der Waals surface area contributed by atoms with E-state index < -0.39 is 17.8 Å². The summed E-state index contributed by atoms with van der Waals surface area (Å²) in [6.07, 6.45) is -0.355. The van der Waals surface area contributed by atoms with E-state index in [-0.39, 0.29) is 17.9 Å². The Kier molecular flexibility index (Phi) is 4.90. The van der Waals surface area contributed by atoms with Crippen LogP contribution in [0.5, 0.6) is 5.75 Å². The van der Waals surface area contributed by atoms with Gasteiger partial charge in [-0.25, -0.2) is 4.39 Å². The first-order chi connectivity index (χ1) is 10.1. The van der Waals surface area contributed by atoms with E-state index in [2.05, 4.69) is 5.32 Å². The van der Waals surface area contributed by atoms with Crippen molar-refractivity contribution >= 4 is 5.91 Å². The van der Waals surface area contributed by atoms with Crippen molar-refractivity contribution in [2.45, 2.75) is 12.5 Å². The second kappa shape index (κ2) is 6.85. The third-order valence-electron chi connectivity index (χ3n) is 3.08. The molecule has 2 rings (SSSR count). The maximum absolute atomic E-state index is 13.5. The average Bonchev–Trinajstić information content (AvgIpc) is 2.47. The molecule has 0 bridgehead atoms. The molecular weight excluding hydrogens is 273 g/mol. The zero-order valence-corrected chi connectivity index (χ0v) is 11.3. The minimum atomic E-state index is -0.781. The van der Waals surface area contributed by atoms with Gasteiger partial charge in [-0.15, -0.1) is 0 Å². The Bertz CT molecular complexity index is 616. The van der Waals surface area contributed by atoms with Crippen LogP contribution in [0.15, 0.2) is 48.5 Å². The molecule has 0 saturated heterocycles. The Morgan fingerprint density at radius 3 is 2.57 bits per heavy atom. The second-order valence-electron chi connectivity index (χ2n) is 4.64. The zero-order valence-electron chi connectivity index (χ0n) is 11.3. The van der Waals surface area contributed by atoms with E-state index in [1.54, 1.807) is 12.1 Å². The van der Waals surface area contributed by atoms with E-state index in [0.717, 1.165) is 11.6 Å². The van der Waals surface area contributed by atoms with Crippen LogP contribution in [0.1, 0.15) is 28.4 Å². The topological polar surface area (TPSA) is 69.6 Å². The summed E-state index contributed by atoms with van der Waals surface area (Å²) in [7, 11) is 0. The summed E-state index contributed by atoms with van der Waals surface area (Å²) in [4.78, 5) is 11.8. The third-order valence-corrected chi connectivity index (χ3v) is 3.08. The fourth-order valence-corrected chi connectivity index (χ4v) is 1.95. The SMILES string of the molecule is O=C(NCC[C@@H](O)c1ccccc1)c1ccc(O)cc1F. The molecule has 0 saturated carbocycles. The molecule has 0 aliphatic carbocycles. The monoisotopic (exact) mass is 289 g/mol. The smallest absolute Gasteiger partial charge is 0.254 e. The number of halogens is 1. The number of benzene rings is 2. The summed E-state index contributed by atoms with van der Waals surface area (Å²) < 4.78 is 13.5. The highest BCUT2D eigenvalue weighted by Crippen LogP contribution is 2.16. The van der Waals surface area contributed by atoms with Gasteiger partial charge in [0.15, 0.2) is 0 Å². The van der Waals surface area contributed by atoms with Gasteiger partial charge in [-0.2, -0.15) is 0 Å². The number of aromatic hydroxyl groups is 1. The molecule has 2 aromatic carbocycles. The zero-order chi connectivity index (χ0) is 15.2. The molecule has 0 unspecified atom stereocenters. The van der Waals surface area contributed by atoms with Crippen LogP contribution in [0.25, 0.3) is 0 Å². The van der Waals surface area contributed by atoms with Gasteiger partial charge in [-0.3, -0.25) is 4.79 Å². The van der Waals surface area contributed by atoms with E-state index in [1.165, 1.54) is 12.1 Å². The molecular formula is C16H16FNO3. The van der Waals surface area contributed by atoms with Crippen LogP contribution in [0.4, 0.5) is 4.39 Å². The molecule has 3 N–H and O–H groups in total. The van der Waals surface area contributed by atoms with Gasteiger partial charge in [0.2, 0.25) is 0 Å². The summed E-state index contributed by atoms with van der Waals surface area (Å²) in [5.41, 5.74) is 0.629. The number of nitrogens with one attached hydrogen (secondary N) is 1. The number of rotatable bonds is 5. The molecule has 21 heavy (non-hydrogen) atoms. The van der Waals surface area contributed by atoms with Crippen LogP contribution in [-0.2, 0) is 0 Å². The summed E-state index contributed by atoms with van der Waals surface area (Å²) in [5, 5.41) is 21.6. The van der Waals surface area contributed by atoms with Crippen LogP contribution in [-0.4, -0.2) is 22.7 Å². The molecule has 4 nitrogen and oxygen atoms in total. The van der Waals surface area contributed by atoms with Crippen molar-refractivity contribution in [1.82, 2.24) is 5.32 Å². The Labute approximate surface area is 121 Å². The number of amides is 1. The maximum atomic E-state index is 13.5. The Balaban J connectivity index is 1.87. The van der Waals surface area contributed by atoms with Crippen molar-refractivity contribution in [2.24, 2.45) is 0 Å². The average molecular weight is 289 g/mol. The van der Waals surface area contributed by atoms with Crippen LogP contribution < -0.4 is 5.32 Å². The lowest BCUT2D eigenvalue weighted by atomic mass is 10.1. The van der Waals surface area contributed by atoms with Crippen molar-refractivity contribution in [1.29, 1.82) is 0 Å². The number of aliphatic hydroxyl groups excluding tert-OH is 1. The fraction of sp³-hybridized carbons (Fsp3) is 0.188. The molecule has 1 amide bonds. The van der Waals surface area contributed by atoms with Gasteiger partial charge in [0, 0.05) is 12.6 Å². The molecule has 5 heteroatoms. The standard InChI is InChI=1S/C16H16FNO3/c17-14-10-12(19)6-7-13(14)16(21)18-9-8-15(20)11-4-2-1-3-5-11/h1-7,10,15,19-20H,8-9H2,(H,18,21)/t15-/m1/s1. The van der Waals surface area contributed by atoms with Crippen molar-refractivity contribution in [2.75, 3.05) is 6.54 Å². The first kappa shape index (κ1) is 15.0. The molecule has 0 aliphatic rings. The highest BCUT2D eigenvalue weighted by atomic mass is 19.1. The molecule has 0 aliphatic heterocycles. The minimum absolute atomic E-state index is 0.137. The first-order valence-corrected chi connectivity index (χ1v) is 6.57. The molecule has 1 atom stereocenters. The summed E-state index contributed by atoms with van der Waals surface area (Å²) in [6, 6.07) is 12.4. The molecule has 0 spiro atoms. The number of carbonyl (C=O) groups is 1. The van der Waals surface area contributed by atoms with Crippen LogP contribution in [0.3, 0.4) is 0 Å². The highest BCUT2D eigenvalue weighted by molar-refractivity contribution is 5.94. The third kappa shape index (κ3) is 4.03. The lowest BCUT2D eigenvalue weighted by molar-refractivity contribution is 0.0938. The van der Waals surface area contributed by atoms with Crippen molar-refractivity contribution in [3.63, 3.8) is 0 Å². The predicted molar refractivity (Wildman–Crippen MR) is 76.4 cm³/mol. The van der Waals surface area contributed by atoms with Gasteiger partial charge < -0.3 is 15.5 Å². The molecule has 0 fully saturated rings. The summed E-state index contributed by atoms with van der Waals surface area (Å²) in [6.45, 7) is 0.217. The predicted octanol–water partition coefficient (Wildman–Crippen LogP) is 2.38. The second-order valence-corrected chi connectivity index (χ2v) is 4.64. The number of carbonyl (C=O) groups excluding carboxylic acids is 1. The number of hydrogen-bond acceptors (Lipinski definition) is 3. The van der Waals surface area contributed by atoms with Crippen molar-refractivity contribution in [3.05, 3.63) is 65.5 Å². The lowest BCUT2D eigenvalue weighted by Gasteiger charge is -2.12. The van der Waals surface area contributed by atoms with E-state index in [1.807, 2.05) is 18.2 Å². The van der Waals surface area contributed by atoms with Crippen molar-refractivity contribution < 1.29 is 19.4 Å².